The molecule has 1 fully saturated rings. The van der Waals surface area contributed by atoms with Crippen LogP contribution in [-0.2, 0) is 0 Å². The summed E-state index contributed by atoms with van der Waals surface area (Å²) in [6.07, 6.45) is 3.94. The van der Waals surface area contributed by atoms with E-state index >= 15 is 0 Å². The van der Waals surface area contributed by atoms with E-state index in [-0.39, 0.29) is 6.04 Å². The third-order valence-corrected chi connectivity index (χ3v) is 4.34. The Morgan fingerprint density at radius 1 is 1.32 bits per heavy atom. The van der Waals surface area contributed by atoms with Gasteiger partial charge in [-0.25, -0.2) is 4.98 Å². The highest BCUT2D eigenvalue weighted by Gasteiger charge is 2.31. The van der Waals surface area contributed by atoms with Crippen LogP contribution in [0.5, 0.6) is 0 Å². The average molecular weight is 321 g/mol. The van der Waals surface area contributed by atoms with E-state index in [1.807, 2.05) is 0 Å². The van der Waals surface area contributed by atoms with Crippen LogP contribution in [-0.4, -0.2) is 21.2 Å². The van der Waals surface area contributed by atoms with Gasteiger partial charge >= 0.3 is 0 Å². The molecular formula is C14H17BrN4. The van der Waals surface area contributed by atoms with Crippen molar-refractivity contribution >= 4 is 15.9 Å². The Kier molecular flexibility index (Phi) is 3.66. The predicted molar refractivity (Wildman–Crippen MR) is 77.8 cm³/mol. The van der Waals surface area contributed by atoms with E-state index in [4.69, 9.17) is 0 Å². The largest absolute Gasteiger partial charge is 0.305 e. The van der Waals surface area contributed by atoms with Gasteiger partial charge in [-0.3, -0.25) is 5.10 Å². The van der Waals surface area contributed by atoms with Crippen molar-refractivity contribution in [3.8, 4) is 0 Å². The van der Waals surface area contributed by atoms with Gasteiger partial charge in [-0.2, -0.15) is 5.10 Å². The molecule has 5 heteroatoms. The van der Waals surface area contributed by atoms with Crippen LogP contribution in [0.3, 0.4) is 0 Å². The topological polar surface area (TPSA) is 53.6 Å². The summed E-state index contributed by atoms with van der Waals surface area (Å²) in [4.78, 5) is 4.18. The molecular weight excluding hydrogens is 304 g/mol. The molecule has 1 saturated carbocycles. The highest BCUT2D eigenvalue weighted by Crippen LogP contribution is 2.38. The van der Waals surface area contributed by atoms with Gasteiger partial charge in [-0.1, -0.05) is 28.1 Å². The first kappa shape index (κ1) is 12.8. The molecule has 0 spiro atoms. The summed E-state index contributed by atoms with van der Waals surface area (Å²) in [5.74, 6) is 1.60. The van der Waals surface area contributed by atoms with Crippen molar-refractivity contribution in [3.63, 3.8) is 0 Å². The molecule has 0 amide bonds. The Labute approximate surface area is 121 Å². The molecule has 1 aliphatic rings. The number of H-pyrrole nitrogens is 1. The molecule has 0 saturated heterocycles. The average Bonchev–Trinajstić information content (AvgIpc) is 2.88. The molecule has 2 aromatic rings. The highest BCUT2D eigenvalue weighted by molar-refractivity contribution is 9.10. The SMILES string of the molecule is CC(NC1CC(c2ccc(Br)cc2)C1)c1ncn[nH]1. The number of hydrogen-bond acceptors (Lipinski definition) is 3. The van der Waals surface area contributed by atoms with Crippen molar-refractivity contribution in [2.75, 3.05) is 0 Å². The number of halogens is 1. The van der Waals surface area contributed by atoms with Gasteiger partial charge in [0.05, 0.1) is 6.04 Å². The molecule has 1 aliphatic carbocycles. The first-order valence-electron chi connectivity index (χ1n) is 6.59. The summed E-state index contributed by atoms with van der Waals surface area (Å²) in [6, 6.07) is 9.47. The fourth-order valence-corrected chi connectivity index (χ4v) is 2.88. The first-order chi connectivity index (χ1) is 9.22. The second-order valence-electron chi connectivity index (χ2n) is 5.18. The van der Waals surface area contributed by atoms with Crippen LogP contribution in [0.25, 0.3) is 0 Å². The molecule has 1 unspecified atom stereocenters. The molecule has 1 atom stereocenters. The Hall–Kier alpha value is -1.20. The Morgan fingerprint density at radius 2 is 2.05 bits per heavy atom. The summed E-state index contributed by atoms with van der Waals surface area (Å²) < 4.78 is 1.14. The molecule has 1 aromatic carbocycles. The molecule has 100 valence electrons. The van der Waals surface area contributed by atoms with E-state index in [2.05, 4.69) is 67.6 Å². The molecule has 3 rings (SSSR count). The third kappa shape index (κ3) is 2.87. The maximum absolute atomic E-state index is 4.18. The summed E-state index contributed by atoms with van der Waals surface area (Å²) in [5.41, 5.74) is 1.44. The lowest BCUT2D eigenvalue weighted by molar-refractivity contribution is 0.268. The van der Waals surface area contributed by atoms with Crippen LogP contribution in [0, 0.1) is 0 Å². The van der Waals surface area contributed by atoms with Gasteiger partial charge in [0.1, 0.15) is 12.2 Å². The Morgan fingerprint density at radius 3 is 2.68 bits per heavy atom. The van der Waals surface area contributed by atoms with E-state index in [1.165, 1.54) is 18.4 Å². The second-order valence-corrected chi connectivity index (χ2v) is 6.09. The first-order valence-corrected chi connectivity index (χ1v) is 7.38. The third-order valence-electron chi connectivity index (χ3n) is 3.81. The zero-order valence-electron chi connectivity index (χ0n) is 10.8. The number of aromatic nitrogens is 3. The number of hydrogen-bond donors (Lipinski definition) is 2. The van der Waals surface area contributed by atoms with Crippen LogP contribution >= 0.6 is 15.9 Å². The van der Waals surface area contributed by atoms with Crippen molar-refractivity contribution in [3.05, 3.63) is 46.5 Å². The molecule has 1 aromatic heterocycles. The van der Waals surface area contributed by atoms with E-state index in [0.29, 0.717) is 12.0 Å². The zero-order valence-corrected chi connectivity index (χ0v) is 12.4. The van der Waals surface area contributed by atoms with E-state index in [1.54, 1.807) is 6.33 Å². The zero-order chi connectivity index (χ0) is 13.2. The maximum atomic E-state index is 4.18. The monoisotopic (exact) mass is 320 g/mol. The number of aromatic amines is 1. The number of rotatable bonds is 4. The lowest BCUT2D eigenvalue weighted by Gasteiger charge is -2.37. The summed E-state index contributed by atoms with van der Waals surface area (Å²) in [5, 5.41) is 10.4. The summed E-state index contributed by atoms with van der Waals surface area (Å²) in [7, 11) is 0. The van der Waals surface area contributed by atoms with Crippen LogP contribution in [0.1, 0.15) is 43.1 Å². The fourth-order valence-electron chi connectivity index (χ4n) is 2.62. The van der Waals surface area contributed by atoms with E-state index in [0.717, 1.165) is 10.3 Å². The quantitative estimate of drug-likeness (QED) is 0.909. The summed E-state index contributed by atoms with van der Waals surface area (Å²) >= 11 is 3.47. The number of nitrogens with zero attached hydrogens (tertiary/aromatic N) is 2. The number of benzene rings is 1. The highest BCUT2D eigenvalue weighted by atomic mass is 79.9. The predicted octanol–water partition coefficient (Wildman–Crippen LogP) is 3.16. The van der Waals surface area contributed by atoms with Crippen LogP contribution in [0.4, 0.5) is 0 Å². The van der Waals surface area contributed by atoms with Gasteiger partial charge in [0.2, 0.25) is 0 Å². The van der Waals surface area contributed by atoms with Crippen molar-refractivity contribution in [2.45, 2.75) is 37.8 Å². The second kappa shape index (κ2) is 5.43. The molecule has 2 N–H and O–H groups in total. The van der Waals surface area contributed by atoms with Crippen LogP contribution in [0.15, 0.2) is 35.1 Å². The van der Waals surface area contributed by atoms with Crippen molar-refractivity contribution in [1.29, 1.82) is 0 Å². The Bertz CT molecular complexity index is 517. The lowest BCUT2D eigenvalue weighted by Crippen LogP contribution is -2.41. The lowest BCUT2D eigenvalue weighted by atomic mass is 9.75. The number of nitrogens with one attached hydrogen (secondary N) is 2. The molecule has 1 heterocycles. The van der Waals surface area contributed by atoms with E-state index in [9.17, 15) is 0 Å². The summed E-state index contributed by atoms with van der Waals surface area (Å²) in [6.45, 7) is 2.12. The minimum Gasteiger partial charge on any atom is -0.305 e. The minimum atomic E-state index is 0.235. The molecule has 0 radical (unpaired) electrons. The maximum Gasteiger partial charge on any atom is 0.141 e. The van der Waals surface area contributed by atoms with Gasteiger partial charge < -0.3 is 5.32 Å². The van der Waals surface area contributed by atoms with Crippen molar-refractivity contribution < 1.29 is 0 Å². The molecule has 19 heavy (non-hydrogen) atoms. The van der Waals surface area contributed by atoms with Crippen molar-refractivity contribution in [2.24, 2.45) is 0 Å². The molecule has 0 bridgehead atoms. The standard InChI is InChI=1S/C14H17BrN4/c1-9(14-16-8-17-19-14)18-13-6-11(7-13)10-2-4-12(15)5-3-10/h2-5,8-9,11,13,18H,6-7H2,1H3,(H,16,17,19). The van der Waals surface area contributed by atoms with Crippen molar-refractivity contribution in [1.82, 2.24) is 20.5 Å². The fraction of sp³-hybridized carbons (Fsp3) is 0.429. The van der Waals surface area contributed by atoms with Gasteiger partial charge in [0.15, 0.2) is 0 Å². The van der Waals surface area contributed by atoms with Crippen LogP contribution in [0.2, 0.25) is 0 Å². The normalized spacial score (nSPS) is 23.9. The van der Waals surface area contributed by atoms with Crippen LogP contribution < -0.4 is 5.32 Å². The van der Waals surface area contributed by atoms with Gasteiger partial charge in [0, 0.05) is 10.5 Å². The smallest absolute Gasteiger partial charge is 0.141 e. The van der Waals surface area contributed by atoms with Gasteiger partial charge in [-0.05, 0) is 43.4 Å². The molecule has 4 nitrogen and oxygen atoms in total. The minimum absolute atomic E-state index is 0.235. The van der Waals surface area contributed by atoms with Gasteiger partial charge in [-0.15, -0.1) is 0 Å². The van der Waals surface area contributed by atoms with Gasteiger partial charge in [0.25, 0.3) is 0 Å². The van der Waals surface area contributed by atoms with E-state index < -0.39 is 0 Å². The Balaban J connectivity index is 1.51. The molecule has 0 aliphatic heterocycles.